The SMILES string of the molecule is Cc1ccc(O)cc1Oc1cccc(N(c2c(C)cccc2O)c2c(C)cccc2O)c1. The zero-order valence-corrected chi connectivity index (χ0v) is 18.2. The van der Waals surface area contributed by atoms with E-state index in [2.05, 4.69) is 0 Å². The van der Waals surface area contributed by atoms with Crippen LogP contribution in [-0.4, -0.2) is 15.3 Å². The maximum Gasteiger partial charge on any atom is 0.139 e. The number of aryl methyl sites for hydroxylation is 3. The summed E-state index contributed by atoms with van der Waals surface area (Å²) >= 11 is 0. The van der Waals surface area contributed by atoms with E-state index in [0.29, 0.717) is 28.6 Å². The first-order chi connectivity index (χ1) is 15.3. The molecule has 5 nitrogen and oxygen atoms in total. The highest BCUT2D eigenvalue weighted by atomic mass is 16.5. The third-order valence-corrected chi connectivity index (χ3v) is 5.36. The van der Waals surface area contributed by atoms with Crippen molar-refractivity contribution in [2.75, 3.05) is 4.90 Å². The van der Waals surface area contributed by atoms with E-state index in [9.17, 15) is 15.3 Å². The van der Waals surface area contributed by atoms with Crippen LogP contribution in [0.1, 0.15) is 16.7 Å². The van der Waals surface area contributed by atoms with Crippen LogP contribution in [0.2, 0.25) is 0 Å². The van der Waals surface area contributed by atoms with E-state index in [0.717, 1.165) is 16.7 Å². The second kappa shape index (κ2) is 8.55. The molecule has 0 aliphatic rings. The van der Waals surface area contributed by atoms with E-state index < -0.39 is 0 Å². The van der Waals surface area contributed by atoms with Gasteiger partial charge in [0.2, 0.25) is 0 Å². The topological polar surface area (TPSA) is 73.2 Å². The van der Waals surface area contributed by atoms with Gasteiger partial charge in [-0.05, 0) is 67.8 Å². The molecule has 0 aliphatic heterocycles. The Balaban J connectivity index is 1.88. The van der Waals surface area contributed by atoms with Crippen LogP contribution in [0.4, 0.5) is 17.1 Å². The van der Waals surface area contributed by atoms with E-state index in [1.165, 1.54) is 0 Å². The number of anilines is 3. The standard InChI is InChI=1S/C27H25NO4/c1-17-13-14-21(29)16-25(17)32-22-10-6-9-20(15-22)28(26-18(2)7-4-11-23(26)30)27-19(3)8-5-12-24(27)31/h4-16,29-31H,1-3H3. The van der Waals surface area contributed by atoms with Crippen molar-refractivity contribution in [3.63, 3.8) is 0 Å². The Morgan fingerprint density at radius 1 is 0.625 bits per heavy atom. The normalized spacial score (nSPS) is 10.7. The minimum Gasteiger partial charge on any atom is -0.508 e. The minimum atomic E-state index is 0.0998. The summed E-state index contributed by atoms with van der Waals surface area (Å²) in [5.41, 5.74) is 4.43. The quantitative estimate of drug-likeness (QED) is 0.320. The highest BCUT2D eigenvalue weighted by molar-refractivity contribution is 5.86. The molecule has 0 heterocycles. The van der Waals surface area contributed by atoms with E-state index >= 15 is 0 Å². The summed E-state index contributed by atoms with van der Waals surface area (Å²) in [5.74, 6) is 1.43. The van der Waals surface area contributed by atoms with Gasteiger partial charge in [0.1, 0.15) is 28.7 Å². The molecule has 5 heteroatoms. The lowest BCUT2D eigenvalue weighted by atomic mass is 10.1. The molecule has 0 atom stereocenters. The van der Waals surface area contributed by atoms with Crippen molar-refractivity contribution in [3.05, 3.63) is 95.6 Å². The average Bonchev–Trinajstić information content (AvgIpc) is 2.75. The Bertz CT molecular complexity index is 1190. The van der Waals surface area contributed by atoms with Gasteiger partial charge in [-0.2, -0.15) is 0 Å². The number of hydrogen-bond acceptors (Lipinski definition) is 5. The number of para-hydroxylation sites is 2. The smallest absolute Gasteiger partial charge is 0.139 e. The lowest BCUT2D eigenvalue weighted by Gasteiger charge is -2.29. The number of benzene rings is 4. The van der Waals surface area contributed by atoms with Crippen LogP contribution in [-0.2, 0) is 0 Å². The van der Waals surface area contributed by atoms with Gasteiger partial charge in [-0.15, -0.1) is 0 Å². The first-order valence-electron chi connectivity index (χ1n) is 10.3. The molecule has 0 radical (unpaired) electrons. The monoisotopic (exact) mass is 427 g/mol. The van der Waals surface area contributed by atoms with Gasteiger partial charge >= 0.3 is 0 Å². The first kappa shape index (κ1) is 21.1. The van der Waals surface area contributed by atoms with E-state index in [1.807, 2.05) is 62.1 Å². The van der Waals surface area contributed by atoms with Crippen LogP contribution < -0.4 is 9.64 Å². The Morgan fingerprint density at radius 3 is 1.81 bits per heavy atom. The first-order valence-corrected chi connectivity index (χ1v) is 10.3. The lowest BCUT2D eigenvalue weighted by molar-refractivity contribution is 0.453. The Labute approximate surface area is 187 Å². The molecule has 0 spiro atoms. The highest BCUT2D eigenvalue weighted by Gasteiger charge is 2.23. The van der Waals surface area contributed by atoms with E-state index in [4.69, 9.17) is 4.74 Å². The molecule has 3 N–H and O–H groups in total. The van der Waals surface area contributed by atoms with Crippen molar-refractivity contribution in [2.24, 2.45) is 0 Å². The van der Waals surface area contributed by atoms with Gasteiger partial charge in [0.15, 0.2) is 0 Å². The predicted octanol–water partition coefficient (Wildman–Crippen LogP) is 6.99. The Morgan fingerprint density at radius 2 is 1.22 bits per heavy atom. The fourth-order valence-electron chi connectivity index (χ4n) is 3.75. The van der Waals surface area contributed by atoms with Gasteiger partial charge in [-0.3, -0.25) is 0 Å². The van der Waals surface area contributed by atoms with Gasteiger partial charge in [0, 0.05) is 12.1 Å². The van der Waals surface area contributed by atoms with Crippen LogP contribution >= 0.6 is 0 Å². The summed E-state index contributed by atoms with van der Waals surface area (Å²) < 4.78 is 6.06. The zero-order chi connectivity index (χ0) is 22.8. The molecule has 0 saturated carbocycles. The maximum absolute atomic E-state index is 10.8. The fourth-order valence-corrected chi connectivity index (χ4v) is 3.75. The predicted molar refractivity (Wildman–Crippen MR) is 127 cm³/mol. The van der Waals surface area contributed by atoms with Gasteiger partial charge in [-0.25, -0.2) is 0 Å². The molecule has 0 unspecified atom stereocenters. The summed E-state index contributed by atoms with van der Waals surface area (Å²) in [4.78, 5) is 1.83. The summed E-state index contributed by atoms with van der Waals surface area (Å²) in [7, 11) is 0. The number of nitrogens with zero attached hydrogens (tertiary/aromatic N) is 1. The molecule has 0 amide bonds. The minimum absolute atomic E-state index is 0.0998. The van der Waals surface area contributed by atoms with Crippen LogP contribution in [0.3, 0.4) is 0 Å². The van der Waals surface area contributed by atoms with Crippen molar-refractivity contribution in [2.45, 2.75) is 20.8 Å². The Hall–Kier alpha value is -4.12. The van der Waals surface area contributed by atoms with Crippen molar-refractivity contribution in [1.82, 2.24) is 0 Å². The van der Waals surface area contributed by atoms with Crippen molar-refractivity contribution < 1.29 is 20.1 Å². The molecule has 4 aromatic carbocycles. The molecule has 4 aromatic rings. The molecule has 0 saturated heterocycles. The summed E-state index contributed by atoms with van der Waals surface area (Å²) in [6.45, 7) is 5.73. The molecular formula is C27H25NO4. The maximum atomic E-state index is 10.8. The molecular weight excluding hydrogens is 402 g/mol. The van der Waals surface area contributed by atoms with Gasteiger partial charge in [0.25, 0.3) is 0 Å². The summed E-state index contributed by atoms with van der Waals surface area (Å²) in [6.07, 6.45) is 0. The van der Waals surface area contributed by atoms with Gasteiger partial charge in [-0.1, -0.05) is 36.4 Å². The van der Waals surface area contributed by atoms with Crippen LogP contribution in [0.5, 0.6) is 28.7 Å². The van der Waals surface area contributed by atoms with Crippen LogP contribution in [0, 0.1) is 20.8 Å². The number of aromatic hydroxyl groups is 3. The molecule has 0 fully saturated rings. The lowest BCUT2D eigenvalue weighted by Crippen LogP contribution is -2.13. The highest BCUT2D eigenvalue weighted by Crippen LogP contribution is 2.47. The third-order valence-electron chi connectivity index (χ3n) is 5.36. The van der Waals surface area contributed by atoms with E-state index in [1.54, 1.807) is 42.5 Å². The average molecular weight is 428 g/mol. The second-order valence-corrected chi connectivity index (χ2v) is 7.77. The zero-order valence-electron chi connectivity index (χ0n) is 18.2. The number of ether oxygens (including phenoxy) is 1. The summed E-state index contributed by atoms with van der Waals surface area (Å²) in [6, 6.07) is 23.0. The van der Waals surface area contributed by atoms with Crippen LogP contribution in [0.15, 0.2) is 78.9 Å². The third kappa shape index (κ3) is 4.05. The molecule has 0 bridgehead atoms. The second-order valence-electron chi connectivity index (χ2n) is 7.77. The number of hydrogen-bond donors (Lipinski definition) is 3. The van der Waals surface area contributed by atoms with Gasteiger partial charge in [0.05, 0.1) is 17.1 Å². The molecule has 0 aliphatic carbocycles. The summed E-state index contributed by atoms with van der Waals surface area (Å²) in [5, 5.41) is 31.3. The fraction of sp³-hybridized carbons (Fsp3) is 0.111. The van der Waals surface area contributed by atoms with Crippen molar-refractivity contribution >= 4 is 17.1 Å². The van der Waals surface area contributed by atoms with Crippen LogP contribution in [0.25, 0.3) is 0 Å². The molecule has 32 heavy (non-hydrogen) atoms. The number of rotatable bonds is 5. The molecule has 0 aromatic heterocycles. The largest absolute Gasteiger partial charge is 0.508 e. The van der Waals surface area contributed by atoms with E-state index in [-0.39, 0.29) is 17.2 Å². The van der Waals surface area contributed by atoms with Gasteiger partial charge < -0.3 is 25.0 Å². The van der Waals surface area contributed by atoms with Crippen molar-refractivity contribution in [1.29, 1.82) is 0 Å². The molecule has 162 valence electrons. The number of phenolic OH excluding ortho intramolecular Hbond substituents is 3. The number of phenols is 3. The van der Waals surface area contributed by atoms with Crippen molar-refractivity contribution in [3.8, 4) is 28.7 Å². The Kier molecular flexibility index (Phi) is 5.65. The molecule has 4 rings (SSSR count).